The Morgan fingerprint density at radius 1 is 1.50 bits per heavy atom. The number of rotatable bonds is 4. The third-order valence-electron chi connectivity index (χ3n) is 3.51. The fraction of sp³-hybridized carbons (Fsp3) is 0.571. The van der Waals surface area contributed by atoms with Gasteiger partial charge in [-0.3, -0.25) is 4.90 Å². The smallest absolute Gasteiger partial charge is 0.125 e. The summed E-state index contributed by atoms with van der Waals surface area (Å²) >= 11 is 0. The Morgan fingerprint density at radius 3 is 3.06 bits per heavy atom. The van der Waals surface area contributed by atoms with Crippen molar-refractivity contribution in [2.75, 3.05) is 32.5 Å². The third-order valence-corrected chi connectivity index (χ3v) is 3.51. The van der Waals surface area contributed by atoms with E-state index in [2.05, 4.69) is 4.90 Å². The summed E-state index contributed by atoms with van der Waals surface area (Å²) < 4.78 is 18.2. The molecule has 1 aliphatic rings. The predicted molar refractivity (Wildman–Crippen MR) is 70.7 cm³/mol. The lowest BCUT2D eigenvalue weighted by atomic mass is 9.98. The topological polar surface area (TPSA) is 38.5 Å². The van der Waals surface area contributed by atoms with E-state index in [4.69, 9.17) is 10.5 Å². The SMILES string of the molecule is COCC1CCCN(Cc2ccc(F)cc2N)C1. The molecule has 1 aromatic rings. The Hall–Kier alpha value is -1.13. The second-order valence-corrected chi connectivity index (χ2v) is 5.04. The Morgan fingerprint density at radius 2 is 2.33 bits per heavy atom. The predicted octanol–water partition coefficient (Wildman–Crippen LogP) is 2.27. The van der Waals surface area contributed by atoms with Gasteiger partial charge in [0.15, 0.2) is 0 Å². The lowest BCUT2D eigenvalue weighted by molar-refractivity contribution is 0.0874. The number of hydrogen-bond acceptors (Lipinski definition) is 3. The third kappa shape index (κ3) is 3.43. The standard InChI is InChI=1S/C14H21FN2O/c1-18-10-11-3-2-6-17(8-11)9-12-4-5-13(15)7-14(12)16/h4-5,7,11H,2-3,6,8-10,16H2,1H3. The Bertz CT molecular complexity index is 395. The second-order valence-electron chi connectivity index (χ2n) is 5.04. The largest absolute Gasteiger partial charge is 0.398 e. The number of nitrogens with two attached hydrogens (primary N) is 1. The van der Waals surface area contributed by atoms with Gasteiger partial charge in [0.1, 0.15) is 5.82 Å². The molecule has 18 heavy (non-hydrogen) atoms. The number of likely N-dealkylation sites (tertiary alicyclic amines) is 1. The van der Waals surface area contributed by atoms with Crippen LogP contribution in [0.3, 0.4) is 0 Å². The minimum atomic E-state index is -0.271. The van der Waals surface area contributed by atoms with Crippen LogP contribution in [-0.4, -0.2) is 31.7 Å². The summed E-state index contributed by atoms with van der Waals surface area (Å²) in [6.07, 6.45) is 2.42. The number of hydrogen-bond donors (Lipinski definition) is 1. The van der Waals surface area contributed by atoms with Crippen molar-refractivity contribution in [2.24, 2.45) is 5.92 Å². The summed E-state index contributed by atoms with van der Waals surface area (Å²) in [5.74, 6) is 0.331. The number of nitrogens with zero attached hydrogens (tertiary/aromatic N) is 1. The molecule has 1 unspecified atom stereocenters. The number of halogens is 1. The van der Waals surface area contributed by atoms with E-state index in [0.29, 0.717) is 11.6 Å². The van der Waals surface area contributed by atoms with Crippen molar-refractivity contribution in [3.63, 3.8) is 0 Å². The molecule has 2 N–H and O–H groups in total. The van der Waals surface area contributed by atoms with E-state index in [1.54, 1.807) is 13.2 Å². The summed E-state index contributed by atoms with van der Waals surface area (Å²) in [5, 5.41) is 0. The van der Waals surface area contributed by atoms with Crippen molar-refractivity contribution in [3.05, 3.63) is 29.6 Å². The number of methoxy groups -OCH3 is 1. The minimum Gasteiger partial charge on any atom is -0.398 e. The van der Waals surface area contributed by atoms with Gasteiger partial charge < -0.3 is 10.5 Å². The van der Waals surface area contributed by atoms with Gasteiger partial charge in [-0.05, 0) is 43.0 Å². The van der Waals surface area contributed by atoms with E-state index < -0.39 is 0 Å². The van der Waals surface area contributed by atoms with Gasteiger partial charge in [0.25, 0.3) is 0 Å². The molecule has 1 atom stereocenters. The van der Waals surface area contributed by atoms with Gasteiger partial charge in [-0.1, -0.05) is 6.07 Å². The molecule has 0 spiro atoms. The zero-order valence-corrected chi connectivity index (χ0v) is 10.9. The lowest BCUT2D eigenvalue weighted by Gasteiger charge is -2.32. The highest BCUT2D eigenvalue weighted by Gasteiger charge is 2.20. The number of ether oxygens (including phenoxy) is 1. The lowest BCUT2D eigenvalue weighted by Crippen LogP contribution is -2.36. The first-order valence-corrected chi connectivity index (χ1v) is 6.44. The van der Waals surface area contributed by atoms with Gasteiger partial charge in [-0.15, -0.1) is 0 Å². The van der Waals surface area contributed by atoms with E-state index in [0.717, 1.165) is 31.8 Å². The maximum atomic E-state index is 13.0. The maximum Gasteiger partial charge on any atom is 0.125 e. The molecular formula is C14H21FN2O. The van der Waals surface area contributed by atoms with E-state index >= 15 is 0 Å². The molecule has 0 saturated carbocycles. The number of benzene rings is 1. The van der Waals surface area contributed by atoms with Crippen molar-refractivity contribution >= 4 is 5.69 Å². The second kappa shape index (κ2) is 6.16. The first kappa shape index (κ1) is 13.3. The van der Waals surface area contributed by atoms with Crippen LogP contribution >= 0.6 is 0 Å². The average Bonchev–Trinajstić information content (AvgIpc) is 2.34. The van der Waals surface area contributed by atoms with E-state index in [1.165, 1.54) is 25.0 Å². The summed E-state index contributed by atoms with van der Waals surface area (Å²) in [7, 11) is 1.75. The quantitative estimate of drug-likeness (QED) is 0.835. The van der Waals surface area contributed by atoms with E-state index in [9.17, 15) is 4.39 Å². The van der Waals surface area contributed by atoms with Crippen molar-refractivity contribution < 1.29 is 9.13 Å². The molecule has 1 fully saturated rings. The fourth-order valence-electron chi connectivity index (χ4n) is 2.62. The van der Waals surface area contributed by atoms with Crippen molar-refractivity contribution in [1.82, 2.24) is 4.90 Å². The molecule has 3 nitrogen and oxygen atoms in total. The highest BCUT2D eigenvalue weighted by Crippen LogP contribution is 2.21. The number of nitrogen functional groups attached to an aromatic ring is 1. The molecule has 1 aliphatic heterocycles. The van der Waals surface area contributed by atoms with Crippen LogP contribution in [0, 0.1) is 11.7 Å². The molecule has 0 amide bonds. The molecule has 1 heterocycles. The van der Waals surface area contributed by atoms with Gasteiger partial charge in [-0.2, -0.15) is 0 Å². The summed E-state index contributed by atoms with van der Waals surface area (Å²) in [4.78, 5) is 2.37. The Kier molecular flexibility index (Phi) is 4.55. The first-order chi connectivity index (χ1) is 8.69. The Labute approximate surface area is 108 Å². The van der Waals surface area contributed by atoms with E-state index in [1.807, 2.05) is 0 Å². The monoisotopic (exact) mass is 252 g/mol. The molecular weight excluding hydrogens is 231 g/mol. The number of piperidine rings is 1. The highest BCUT2D eigenvalue weighted by atomic mass is 19.1. The van der Waals surface area contributed by atoms with Crippen LogP contribution in [0.4, 0.5) is 10.1 Å². The van der Waals surface area contributed by atoms with Crippen LogP contribution in [0.15, 0.2) is 18.2 Å². The van der Waals surface area contributed by atoms with Gasteiger partial charge in [0, 0.05) is 25.9 Å². The van der Waals surface area contributed by atoms with Gasteiger partial charge in [-0.25, -0.2) is 4.39 Å². The molecule has 100 valence electrons. The van der Waals surface area contributed by atoms with Crippen LogP contribution < -0.4 is 5.73 Å². The van der Waals surface area contributed by atoms with Crippen molar-refractivity contribution in [1.29, 1.82) is 0 Å². The van der Waals surface area contributed by atoms with E-state index in [-0.39, 0.29) is 5.82 Å². The molecule has 1 saturated heterocycles. The molecule has 0 aliphatic carbocycles. The van der Waals surface area contributed by atoms with Crippen LogP contribution in [0.1, 0.15) is 18.4 Å². The van der Waals surface area contributed by atoms with Crippen molar-refractivity contribution in [3.8, 4) is 0 Å². The number of anilines is 1. The molecule has 2 rings (SSSR count). The van der Waals surface area contributed by atoms with Crippen molar-refractivity contribution in [2.45, 2.75) is 19.4 Å². The maximum absolute atomic E-state index is 13.0. The normalized spacial score (nSPS) is 21.1. The summed E-state index contributed by atoms with van der Waals surface area (Å²) in [6.45, 7) is 3.73. The zero-order valence-electron chi connectivity index (χ0n) is 10.9. The molecule has 0 radical (unpaired) electrons. The molecule has 1 aromatic carbocycles. The zero-order chi connectivity index (χ0) is 13.0. The van der Waals surface area contributed by atoms with Crippen LogP contribution in [-0.2, 0) is 11.3 Å². The van der Waals surface area contributed by atoms with Gasteiger partial charge >= 0.3 is 0 Å². The van der Waals surface area contributed by atoms with Gasteiger partial charge in [0.05, 0.1) is 6.61 Å². The summed E-state index contributed by atoms with van der Waals surface area (Å²) in [6, 6.07) is 4.65. The molecule has 0 bridgehead atoms. The first-order valence-electron chi connectivity index (χ1n) is 6.44. The van der Waals surface area contributed by atoms with Crippen LogP contribution in [0.2, 0.25) is 0 Å². The highest BCUT2D eigenvalue weighted by molar-refractivity contribution is 5.46. The van der Waals surface area contributed by atoms with Gasteiger partial charge in [0.2, 0.25) is 0 Å². The average molecular weight is 252 g/mol. The van der Waals surface area contributed by atoms with Crippen LogP contribution in [0.5, 0.6) is 0 Å². The molecule has 0 aromatic heterocycles. The molecule has 4 heteroatoms. The van der Waals surface area contributed by atoms with Crippen LogP contribution in [0.25, 0.3) is 0 Å². The summed E-state index contributed by atoms with van der Waals surface area (Å²) in [5.41, 5.74) is 7.39. The fourth-order valence-corrected chi connectivity index (χ4v) is 2.62. The minimum absolute atomic E-state index is 0.271. The Balaban J connectivity index is 1.96.